The second-order valence-electron chi connectivity index (χ2n) is 4.32. The van der Waals surface area contributed by atoms with Crippen molar-refractivity contribution in [1.29, 1.82) is 0 Å². The molecule has 0 saturated carbocycles. The standard InChI is InChI=1S/C15H9ClFN3O/c16-10-7-14(19-12-4-2-1-3-9(10)12)15(21)20-13-5-6-18-8-11(13)17/h1-8H,(H,18,20,21). The lowest BCUT2D eigenvalue weighted by atomic mass is 10.2. The van der Waals surface area contributed by atoms with Crippen LogP contribution in [0.15, 0.2) is 48.8 Å². The molecule has 1 N–H and O–H groups in total. The summed E-state index contributed by atoms with van der Waals surface area (Å²) < 4.78 is 13.5. The van der Waals surface area contributed by atoms with E-state index in [1.165, 1.54) is 18.3 Å². The number of pyridine rings is 2. The third-order valence-corrected chi connectivity index (χ3v) is 3.23. The highest BCUT2D eigenvalue weighted by Crippen LogP contribution is 2.23. The number of para-hydroxylation sites is 1. The Bertz CT molecular complexity index is 838. The number of halogens is 2. The molecule has 4 nitrogen and oxygen atoms in total. The van der Waals surface area contributed by atoms with Gasteiger partial charge in [0.15, 0.2) is 5.82 Å². The Kier molecular flexibility index (Phi) is 3.50. The quantitative estimate of drug-likeness (QED) is 0.785. The van der Waals surface area contributed by atoms with Gasteiger partial charge >= 0.3 is 0 Å². The van der Waals surface area contributed by atoms with Crippen LogP contribution in [0.25, 0.3) is 10.9 Å². The first-order chi connectivity index (χ1) is 10.1. The smallest absolute Gasteiger partial charge is 0.274 e. The van der Waals surface area contributed by atoms with E-state index in [-0.39, 0.29) is 11.4 Å². The van der Waals surface area contributed by atoms with Gasteiger partial charge in [0.05, 0.1) is 22.4 Å². The topological polar surface area (TPSA) is 54.9 Å². The van der Waals surface area contributed by atoms with Gasteiger partial charge in [-0.25, -0.2) is 9.37 Å². The molecule has 0 saturated heterocycles. The monoisotopic (exact) mass is 301 g/mol. The Hall–Kier alpha value is -2.53. The molecule has 3 aromatic rings. The van der Waals surface area contributed by atoms with Crippen molar-refractivity contribution in [2.75, 3.05) is 5.32 Å². The van der Waals surface area contributed by atoms with E-state index in [0.29, 0.717) is 10.5 Å². The summed E-state index contributed by atoms with van der Waals surface area (Å²) in [6.45, 7) is 0. The molecule has 1 amide bonds. The number of hydrogen-bond donors (Lipinski definition) is 1. The first kappa shape index (κ1) is 13.5. The van der Waals surface area contributed by atoms with E-state index < -0.39 is 11.7 Å². The average Bonchev–Trinajstić information content (AvgIpc) is 2.49. The summed E-state index contributed by atoms with van der Waals surface area (Å²) in [5, 5.41) is 3.62. The molecule has 0 spiro atoms. The number of amides is 1. The Morgan fingerprint density at radius 3 is 2.86 bits per heavy atom. The number of carbonyl (C=O) groups is 1. The van der Waals surface area contributed by atoms with E-state index in [1.54, 1.807) is 12.1 Å². The number of anilines is 1. The molecule has 0 bridgehead atoms. The predicted molar refractivity (Wildman–Crippen MR) is 78.9 cm³/mol. The van der Waals surface area contributed by atoms with E-state index in [2.05, 4.69) is 15.3 Å². The highest BCUT2D eigenvalue weighted by atomic mass is 35.5. The summed E-state index contributed by atoms with van der Waals surface area (Å²) in [7, 11) is 0. The maximum atomic E-state index is 13.5. The van der Waals surface area contributed by atoms with Crippen LogP contribution < -0.4 is 5.32 Å². The molecular formula is C15H9ClFN3O. The van der Waals surface area contributed by atoms with Gasteiger partial charge in [-0.15, -0.1) is 0 Å². The molecule has 0 unspecified atom stereocenters. The van der Waals surface area contributed by atoms with Gasteiger partial charge in [-0.1, -0.05) is 29.8 Å². The molecule has 1 aromatic carbocycles. The zero-order valence-corrected chi connectivity index (χ0v) is 11.4. The van der Waals surface area contributed by atoms with Crippen molar-refractivity contribution in [3.63, 3.8) is 0 Å². The van der Waals surface area contributed by atoms with Gasteiger partial charge in [-0.2, -0.15) is 0 Å². The van der Waals surface area contributed by atoms with E-state index in [1.807, 2.05) is 12.1 Å². The summed E-state index contributed by atoms with van der Waals surface area (Å²) in [5.41, 5.74) is 0.765. The van der Waals surface area contributed by atoms with Crippen molar-refractivity contribution in [3.8, 4) is 0 Å². The number of rotatable bonds is 2. The van der Waals surface area contributed by atoms with Crippen LogP contribution >= 0.6 is 11.6 Å². The fraction of sp³-hybridized carbons (Fsp3) is 0. The fourth-order valence-electron chi connectivity index (χ4n) is 1.91. The first-order valence-electron chi connectivity index (χ1n) is 6.11. The van der Waals surface area contributed by atoms with Gasteiger partial charge < -0.3 is 5.32 Å². The number of nitrogens with zero attached hydrogens (tertiary/aromatic N) is 2. The minimum absolute atomic E-state index is 0.0427. The molecule has 6 heteroatoms. The predicted octanol–water partition coefficient (Wildman–Crippen LogP) is 3.67. The Morgan fingerprint density at radius 1 is 1.24 bits per heavy atom. The maximum Gasteiger partial charge on any atom is 0.274 e. The van der Waals surface area contributed by atoms with Gasteiger partial charge in [-0.05, 0) is 18.2 Å². The fourth-order valence-corrected chi connectivity index (χ4v) is 2.18. The van der Waals surface area contributed by atoms with Crippen LogP contribution in [0.2, 0.25) is 5.02 Å². The van der Waals surface area contributed by atoms with Crippen LogP contribution in [0, 0.1) is 5.82 Å². The van der Waals surface area contributed by atoms with Crippen molar-refractivity contribution in [1.82, 2.24) is 9.97 Å². The van der Waals surface area contributed by atoms with Gasteiger partial charge in [0.1, 0.15) is 5.69 Å². The highest BCUT2D eigenvalue weighted by molar-refractivity contribution is 6.35. The SMILES string of the molecule is O=C(Nc1ccncc1F)c1cc(Cl)c2ccccc2n1. The van der Waals surface area contributed by atoms with Crippen LogP contribution in [0.1, 0.15) is 10.5 Å². The summed E-state index contributed by atoms with van der Waals surface area (Å²) in [5.74, 6) is -1.15. The van der Waals surface area contributed by atoms with Crippen LogP contribution in [0.4, 0.5) is 10.1 Å². The van der Waals surface area contributed by atoms with E-state index in [0.717, 1.165) is 11.6 Å². The van der Waals surface area contributed by atoms with Crippen molar-refractivity contribution < 1.29 is 9.18 Å². The molecule has 0 radical (unpaired) electrons. The average molecular weight is 302 g/mol. The van der Waals surface area contributed by atoms with Gasteiger partial charge in [0.2, 0.25) is 0 Å². The second-order valence-corrected chi connectivity index (χ2v) is 4.72. The lowest BCUT2D eigenvalue weighted by molar-refractivity contribution is 0.102. The van der Waals surface area contributed by atoms with E-state index in [9.17, 15) is 9.18 Å². The lowest BCUT2D eigenvalue weighted by Gasteiger charge is -2.07. The molecular weight excluding hydrogens is 293 g/mol. The molecule has 0 aliphatic rings. The molecule has 21 heavy (non-hydrogen) atoms. The third-order valence-electron chi connectivity index (χ3n) is 2.92. The third kappa shape index (κ3) is 2.68. The van der Waals surface area contributed by atoms with Crippen LogP contribution in [-0.4, -0.2) is 15.9 Å². The Balaban J connectivity index is 1.97. The summed E-state index contributed by atoms with van der Waals surface area (Å²) in [4.78, 5) is 20.0. The zero-order chi connectivity index (χ0) is 14.8. The van der Waals surface area contributed by atoms with Crippen LogP contribution in [-0.2, 0) is 0 Å². The molecule has 0 aliphatic carbocycles. The molecule has 2 heterocycles. The molecule has 3 rings (SSSR count). The van der Waals surface area contributed by atoms with Crippen molar-refractivity contribution in [3.05, 3.63) is 65.3 Å². The van der Waals surface area contributed by atoms with Crippen molar-refractivity contribution in [2.24, 2.45) is 0 Å². The summed E-state index contributed by atoms with van der Waals surface area (Å²) in [6.07, 6.45) is 2.41. The van der Waals surface area contributed by atoms with Crippen LogP contribution in [0.3, 0.4) is 0 Å². The minimum Gasteiger partial charge on any atom is -0.318 e. The summed E-state index contributed by atoms with van der Waals surface area (Å²) in [6, 6.07) is 10.0. The summed E-state index contributed by atoms with van der Waals surface area (Å²) >= 11 is 6.14. The van der Waals surface area contributed by atoms with E-state index >= 15 is 0 Å². The molecule has 0 atom stereocenters. The minimum atomic E-state index is -0.613. The molecule has 2 aromatic heterocycles. The van der Waals surface area contributed by atoms with E-state index in [4.69, 9.17) is 11.6 Å². The van der Waals surface area contributed by atoms with Gasteiger partial charge in [0.25, 0.3) is 5.91 Å². The number of aromatic nitrogens is 2. The second kappa shape index (κ2) is 5.46. The molecule has 0 fully saturated rings. The van der Waals surface area contributed by atoms with Crippen LogP contribution in [0.5, 0.6) is 0 Å². The van der Waals surface area contributed by atoms with Crippen molar-refractivity contribution >= 4 is 34.1 Å². The normalized spacial score (nSPS) is 10.6. The zero-order valence-electron chi connectivity index (χ0n) is 10.7. The maximum absolute atomic E-state index is 13.5. The van der Waals surface area contributed by atoms with Crippen molar-refractivity contribution in [2.45, 2.75) is 0 Å². The van der Waals surface area contributed by atoms with Gasteiger partial charge in [-0.3, -0.25) is 9.78 Å². The first-order valence-corrected chi connectivity index (χ1v) is 6.49. The number of nitrogens with one attached hydrogen (secondary N) is 1. The largest absolute Gasteiger partial charge is 0.318 e. The Labute approximate surface area is 124 Å². The lowest BCUT2D eigenvalue weighted by Crippen LogP contribution is -2.14. The number of benzene rings is 1. The number of hydrogen-bond acceptors (Lipinski definition) is 3. The number of carbonyl (C=O) groups excluding carboxylic acids is 1. The number of fused-ring (bicyclic) bond motifs is 1. The molecule has 0 aliphatic heterocycles. The molecule has 104 valence electrons. The Morgan fingerprint density at radius 2 is 2.05 bits per heavy atom. The highest BCUT2D eigenvalue weighted by Gasteiger charge is 2.13. The van der Waals surface area contributed by atoms with Gasteiger partial charge in [0, 0.05) is 11.6 Å².